The third-order valence-corrected chi connectivity index (χ3v) is 2.42. The summed E-state index contributed by atoms with van der Waals surface area (Å²) in [4.78, 5) is 2.27. The number of anilines is 1. The number of nitrogens with zero attached hydrogens (tertiary/aromatic N) is 2. The molecule has 0 amide bonds. The highest BCUT2D eigenvalue weighted by Gasteiger charge is 2.10. The zero-order valence-corrected chi connectivity index (χ0v) is 7.98. The van der Waals surface area contributed by atoms with Gasteiger partial charge in [-0.25, -0.2) is 0 Å². The van der Waals surface area contributed by atoms with Crippen molar-refractivity contribution in [2.75, 3.05) is 18.0 Å². The molecule has 0 unspecified atom stereocenters. The van der Waals surface area contributed by atoms with Gasteiger partial charge in [-0.2, -0.15) is 5.26 Å². The Morgan fingerprint density at radius 3 is 2.64 bits per heavy atom. The number of benzene rings is 1. The second-order valence-electron chi connectivity index (χ2n) is 3.34. The number of para-hydroxylation sites is 1. The van der Waals surface area contributed by atoms with Gasteiger partial charge in [-0.15, -0.1) is 0 Å². The highest BCUT2D eigenvalue weighted by atomic mass is 15.1. The lowest BCUT2D eigenvalue weighted by Crippen LogP contribution is -2.19. The summed E-state index contributed by atoms with van der Waals surface area (Å²) >= 11 is 0. The molecule has 1 aromatic rings. The summed E-state index contributed by atoms with van der Waals surface area (Å²) in [7, 11) is 0. The third-order valence-electron chi connectivity index (χ3n) is 2.42. The molecule has 0 aromatic heterocycles. The fraction of sp³-hybridized carbons (Fsp3) is 0.250. The van der Waals surface area contributed by atoms with Crippen molar-refractivity contribution in [2.24, 2.45) is 0 Å². The third kappa shape index (κ3) is 1.62. The summed E-state index contributed by atoms with van der Waals surface area (Å²) in [6.45, 7) is 1.92. The van der Waals surface area contributed by atoms with Gasteiger partial charge in [-0.3, -0.25) is 0 Å². The summed E-state index contributed by atoms with van der Waals surface area (Å²) in [5.41, 5.74) is 2.32. The molecule has 0 saturated heterocycles. The summed E-state index contributed by atoms with van der Waals surface area (Å²) < 4.78 is 0. The predicted molar refractivity (Wildman–Crippen MR) is 57.1 cm³/mol. The predicted octanol–water partition coefficient (Wildman–Crippen LogP) is 2.13. The second-order valence-corrected chi connectivity index (χ2v) is 3.34. The van der Waals surface area contributed by atoms with Gasteiger partial charge in [0.15, 0.2) is 0 Å². The molecule has 1 aromatic carbocycles. The molecule has 0 saturated carbocycles. The van der Waals surface area contributed by atoms with Gasteiger partial charge in [0.1, 0.15) is 0 Å². The minimum absolute atomic E-state index is 0.493. The van der Waals surface area contributed by atoms with Gasteiger partial charge in [0.2, 0.25) is 0 Å². The summed E-state index contributed by atoms with van der Waals surface area (Å²) in [6, 6.07) is 10.3. The molecule has 2 rings (SSSR count). The highest BCUT2D eigenvalue weighted by Crippen LogP contribution is 2.22. The molecular formula is C12H12N2. The van der Waals surface area contributed by atoms with Crippen molar-refractivity contribution < 1.29 is 0 Å². The number of hydrogen-bond donors (Lipinski definition) is 0. The van der Waals surface area contributed by atoms with Crippen molar-refractivity contribution in [3.63, 3.8) is 0 Å². The van der Waals surface area contributed by atoms with Crippen LogP contribution in [0.4, 0.5) is 5.69 Å². The van der Waals surface area contributed by atoms with E-state index < -0.39 is 0 Å². The van der Waals surface area contributed by atoms with Crippen LogP contribution in [0.3, 0.4) is 0 Å². The fourth-order valence-corrected chi connectivity index (χ4v) is 1.73. The highest BCUT2D eigenvalue weighted by molar-refractivity contribution is 5.56. The van der Waals surface area contributed by atoms with Crippen molar-refractivity contribution in [1.82, 2.24) is 0 Å². The first-order chi connectivity index (χ1) is 6.92. The van der Waals surface area contributed by atoms with Gasteiger partial charge in [-0.05, 0) is 11.6 Å². The monoisotopic (exact) mass is 184 g/mol. The zero-order chi connectivity index (χ0) is 9.80. The molecule has 1 aliphatic heterocycles. The SMILES string of the molecule is N#CCc1ccccc1N1CC=CC1. The first-order valence-corrected chi connectivity index (χ1v) is 4.76. The Labute approximate surface area is 84.1 Å². The lowest BCUT2D eigenvalue weighted by atomic mass is 10.1. The maximum absolute atomic E-state index is 8.70. The maximum Gasteiger partial charge on any atom is 0.0670 e. The van der Waals surface area contributed by atoms with Crippen LogP contribution in [-0.2, 0) is 6.42 Å². The molecule has 0 atom stereocenters. The van der Waals surface area contributed by atoms with Gasteiger partial charge in [0.05, 0.1) is 12.5 Å². The van der Waals surface area contributed by atoms with Crippen molar-refractivity contribution in [3.05, 3.63) is 42.0 Å². The average Bonchev–Trinajstić information content (AvgIpc) is 2.72. The lowest BCUT2D eigenvalue weighted by Gasteiger charge is -2.20. The van der Waals surface area contributed by atoms with Crippen LogP contribution in [0.1, 0.15) is 5.56 Å². The van der Waals surface area contributed by atoms with E-state index >= 15 is 0 Å². The van der Waals surface area contributed by atoms with E-state index in [4.69, 9.17) is 5.26 Å². The standard InChI is InChI=1S/C12H12N2/c13-8-7-11-5-1-2-6-12(11)14-9-3-4-10-14/h1-6H,7,9-10H2. The second kappa shape index (κ2) is 3.97. The molecule has 1 heterocycles. The Kier molecular flexibility index (Phi) is 2.51. The van der Waals surface area contributed by atoms with E-state index in [2.05, 4.69) is 29.2 Å². The molecule has 0 radical (unpaired) electrons. The minimum Gasteiger partial charge on any atom is -0.364 e. The first-order valence-electron chi connectivity index (χ1n) is 4.76. The topological polar surface area (TPSA) is 27.0 Å². The van der Waals surface area contributed by atoms with E-state index in [-0.39, 0.29) is 0 Å². The summed E-state index contributed by atoms with van der Waals surface area (Å²) in [6.07, 6.45) is 4.80. The van der Waals surface area contributed by atoms with Crippen molar-refractivity contribution in [3.8, 4) is 6.07 Å². The fourth-order valence-electron chi connectivity index (χ4n) is 1.73. The normalized spacial score (nSPS) is 14.4. The molecule has 0 bridgehead atoms. The Morgan fingerprint density at radius 2 is 1.93 bits per heavy atom. The van der Waals surface area contributed by atoms with Crippen LogP contribution in [0.25, 0.3) is 0 Å². The Morgan fingerprint density at radius 1 is 1.21 bits per heavy atom. The number of nitriles is 1. The molecule has 70 valence electrons. The minimum atomic E-state index is 0.493. The zero-order valence-electron chi connectivity index (χ0n) is 7.98. The van der Waals surface area contributed by atoms with Crippen LogP contribution < -0.4 is 4.90 Å². The van der Waals surface area contributed by atoms with Gasteiger partial charge in [-0.1, -0.05) is 30.4 Å². The Balaban J connectivity index is 2.27. The Bertz CT molecular complexity index is 380. The molecule has 0 aliphatic carbocycles. The molecule has 2 heteroatoms. The number of rotatable bonds is 2. The van der Waals surface area contributed by atoms with Gasteiger partial charge >= 0.3 is 0 Å². The van der Waals surface area contributed by atoms with Crippen LogP contribution in [0.15, 0.2) is 36.4 Å². The quantitative estimate of drug-likeness (QED) is 0.658. The molecule has 0 spiro atoms. The average molecular weight is 184 g/mol. The van der Waals surface area contributed by atoms with E-state index in [1.165, 1.54) is 5.69 Å². The molecular weight excluding hydrogens is 172 g/mol. The first kappa shape index (κ1) is 8.83. The Hall–Kier alpha value is -1.75. The molecule has 0 N–H and O–H groups in total. The summed E-state index contributed by atoms with van der Waals surface area (Å²) in [5, 5.41) is 8.70. The van der Waals surface area contributed by atoms with Crippen molar-refractivity contribution >= 4 is 5.69 Å². The summed E-state index contributed by atoms with van der Waals surface area (Å²) in [5.74, 6) is 0. The van der Waals surface area contributed by atoms with Gasteiger partial charge < -0.3 is 4.90 Å². The molecule has 2 nitrogen and oxygen atoms in total. The smallest absolute Gasteiger partial charge is 0.0670 e. The van der Waals surface area contributed by atoms with Crippen LogP contribution in [0.2, 0.25) is 0 Å². The molecule has 0 fully saturated rings. The lowest BCUT2D eigenvalue weighted by molar-refractivity contribution is 0.991. The molecule has 14 heavy (non-hydrogen) atoms. The molecule has 1 aliphatic rings. The van der Waals surface area contributed by atoms with Crippen LogP contribution in [0, 0.1) is 11.3 Å². The van der Waals surface area contributed by atoms with Crippen LogP contribution >= 0.6 is 0 Å². The maximum atomic E-state index is 8.70. The van der Waals surface area contributed by atoms with Crippen LogP contribution in [-0.4, -0.2) is 13.1 Å². The van der Waals surface area contributed by atoms with E-state index in [1.807, 2.05) is 18.2 Å². The number of hydrogen-bond acceptors (Lipinski definition) is 2. The van der Waals surface area contributed by atoms with Crippen molar-refractivity contribution in [1.29, 1.82) is 5.26 Å². The van der Waals surface area contributed by atoms with Crippen molar-refractivity contribution in [2.45, 2.75) is 6.42 Å². The van der Waals surface area contributed by atoms with E-state index in [9.17, 15) is 0 Å². The van der Waals surface area contributed by atoms with E-state index in [0.29, 0.717) is 6.42 Å². The van der Waals surface area contributed by atoms with Gasteiger partial charge in [0.25, 0.3) is 0 Å². The largest absolute Gasteiger partial charge is 0.364 e. The van der Waals surface area contributed by atoms with E-state index in [0.717, 1.165) is 18.7 Å². The van der Waals surface area contributed by atoms with Crippen LogP contribution in [0.5, 0.6) is 0 Å². The van der Waals surface area contributed by atoms with Gasteiger partial charge in [0, 0.05) is 18.8 Å². The van der Waals surface area contributed by atoms with E-state index in [1.54, 1.807) is 0 Å².